The van der Waals surface area contributed by atoms with Crippen molar-refractivity contribution >= 4 is 23.1 Å². The first kappa shape index (κ1) is 21.5. The van der Waals surface area contributed by atoms with E-state index in [2.05, 4.69) is 27.4 Å². The van der Waals surface area contributed by atoms with E-state index in [0.717, 1.165) is 49.6 Å². The fourth-order valence-electron chi connectivity index (χ4n) is 4.75. The van der Waals surface area contributed by atoms with E-state index < -0.39 is 11.6 Å². The number of likely N-dealkylation sites (tertiary alicyclic amines) is 1. The van der Waals surface area contributed by atoms with Crippen molar-refractivity contribution in [2.45, 2.75) is 32.2 Å². The van der Waals surface area contributed by atoms with Gasteiger partial charge in [-0.05, 0) is 62.0 Å². The summed E-state index contributed by atoms with van der Waals surface area (Å²) < 4.78 is 28.9. The third-order valence-electron chi connectivity index (χ3n) is 6.59. The number of hydrogen-bond donors (Lipinski definition) is 2. The number of amides is 1. The maximum absolute atomic E-state index is 14.0. The maximum Gasteiger partial charge on any atom is 0.228 e. The van der Waals surface area contributed by atoms with Crippen molar-refractivity contribution in [1.82, 2.24) is 19.8 Å². The number of anilines is 1. The van der Waals surface area contributed by atoms with E-state index in [1.807, 2.05) is 6.20 Å². The lowest BCUT2D eigenvalue weighted by atomic mass is 9.90. The van der Waals surface area contributed by atoms with Crippen molar-refractivity contribution in [1.29, 1.82) is 5.41 Å². The Morgan fingerprint density at radius 1 is 1.12 bits per heavy atom. The number of pyridine rings is 1. The number of nitrogens with one attached hydrogen (secondary N) is 2. The average Bonchev–Trinajstić information content (AvgIpc) is 3.20. The van der Waals surface area contributed by atoms with Crippen LogP contribution >= 0.6 is 0 Å². The van der Waals surface area contributed by atoms with Crippen LogP contribution in [0.4, 0.5) is 14.5 Å². The fourth-order valence-corrected chi connectivity index (χ4v) is 4.75. The molecule has 0 atom stereocenters. The second-order valence-electron chi connectivity index (χ2n) is 8.85. The summed E-state index contributed by atoms with van der Waals surface area (Å²) in [6.07, 6.45) is 6.99. The van der Waals surface area contributed by atoms with E-state index in [-0.39, 0.29) is 11.9 Å². The molecule has 2 aliphatic heterocycles. The van der Waals surface area contributed by atoms with Crippen LogP contribution < -0.4 is 10.2 Å². The molecule has 3 aromatic rings. The van der Waals surface area contributed by atoms with Crippen LogP contribution in [-0.4, -0.2) is 46.0 Å². The van der Waals surface area contributed by atoms with Crippen LogP contribution in [0.3, 0.4) is 0 Å². The molecule has 0 radical (unpaired) electrons. The molecule has 172 valence electrons. The summed E-state index contributed by atoms with van der Waals surface area (Å²) in [6.45, 7) is 2.73. The third-order valence-corrected chi connectivity index (χ3v) is 6.59. The molecule has 2 aliphatic rings. The van der Waals surface area contributed by atoms with Crippen LogP contribution in [-0.2, 0) is 17.8 Å². The molecule has 9 heteroatoms. The van der Waals surface area contributed by atoms with E-state index in [1.54, 1.807) is 15.6 Å². The smallest absolute Gasteiger partial charge is 0.228 e. The highest BCUT2D eigenvalue weighted by atomic mass is 19.1. The normalized spacial score (nSPS) is 18.2. The van der Waals surface area contributed by atoms with Gasteiger partial charge in [-0.1, -0.05) is 6.07 Å². The number of carbonyl (C=O) groups excluding carboxylic acids is 1. The Morgan fingerprint density at radius 2 is 1.94 bits per heavy atom. The highest BCUT2D eigenvalue weighted by Gasteiger charge is 2.25. The fraction of sp³-hybridized carbons (Fsp3) is 0.375. The van der Waals surface area contributed by atoms with Gasteiger partial charge in [0, 0.05) is 37.3 Å². The Morgan fingerprint density at radius 3 is 2.70 bits per heavy atom. The van der Waals surface area contributed by atoms with E-state index in [1.165, 1.54) is 17.7 Å². The number of carbonyl (C=O) groups is 1. The second kappa shape index (κ2) is 8.90. The number of benzene rings is 1. The van der Waals surface area contributed by atoms with E-state index in [9.17, 15) is 13.6 Å². The monoisotopic (exact) mass is 452 g/mol. The zero-order valence-corrected chi connectivity index (χ0v) is 18.2. The molecule has 4 heterocycles. The Labute approximate surface area is 190 Å². The molecule has 33 heavy (non-hydrogen) atoms. The van der Waals surface area contributed by atoms with Crippen molar-refractivity contribution < 1.29 is 13.6 Å². The Bertz CT molecular complexity index is 1200. The van der Waals surface area contributed by atoms with Crippen molar-refractivity contribution in [2.75, 3.05) is 24.5 Å². The van der Waals surface area contributed by atoms with E-state index >= 15 is 0 Å². The number of piperidine rings is 1. The van der Waals surface area contributed by atoms with Gasteiger partial charge in [0.2, 0.25) is 11.9 Å². The Kier molecular flexibility index (Phi) is 5.80. The zero-order valence-electron chi connectivity index (χ0n) is 18.2. The number of halogens is 2. The minimum atomic E-state index is -0.546. The molecule has 1 amide bonds. The first-order valence-corrected chi connectivity index (χ1v) is 11.2. The molecule has 0 aliphatic carbocycles. The largest absolute Gasteiger partial charge is 0.309 e. The van der Waals surface area contributed by atoms with Gasteiger partial charge in [0.25, 0.3) is 0 Å². The Hall–Kier alpha value is -3.33. The van der Waals surface area contributed by atoms with Crippen molar-refractivity contribution in [3.05, 3.63) is 65.5 Å². The van der Waals surface area contributed by atoms with Crippen molar-refractivity contribution in [3.8, 4) is 0 Å². The summed E-state index contributed by atoms with van der Waals surface area (Å²) >= 11 is 0. The standard InChI is InChI=1S/C24H26F2N6O/c25-19-2-1-18(20(26)13-19)15-30-7-3-16(4-8-30)11-17-5-10-32-21(12-17)22(14-28-32)31-9-6-23(33)29-24(31)27/h1-2,5,10,12-14,16H,3-4,6-9,11,15H2,(H2,27,29,33). The van der Waals surface area contributed by atoms with Gasteiger partial charge in [0.1, 0.15) is 11.6 Å². The number of aromatic nitrogens is 2. The molecular weight excluding hydrogens is 426 g/mol. The number of nitrogens with zero attached hydrogens (tertiary/aromatic N) is 4. The number of guanidine groups is 1. The van der Waals surface area contributed by atoms with Crippen LogP contribution in [0.15, 0.2) is 42.7 Å². The van der Waals surface area contributed by atoms with Crippen LogP contribution in [0.5, 0.6) is 0 Å². The predicted molar refractivity (Wildman–Crippen MR) is 121 cm³/mol. The topological polar surface area (TPSA) is 76.7 Å². The first-order valence-electron chi connectivity index (χ1n) is 11.2. The highest BCUT2D eigenvalue weighted by Crippen LogP contribution is 2.27. The Balaban J connectivity index is 1.23. The molecule has 2 saturated heterocycles. The third kappa shape index (κ3) is 4.59. The number of hydrogen-bond acceptors (Lipinski definition) is 4. The lowest BCUT2D eigenvalue weighted by Crippen LogP contribution is -2.50. The van der Waals surface area contributed by atoms with E-state index in [0.29, 0.717) is 31.0 Å². The minimum Gasteiger partial charge on any atom is -0.309 e. The molecule has 7 nitrogen and oxygen atoms in total. The molecule has 1 aromatic carbocycles. The van der Waals surface area contributed by atoms with Gasteiger partial charge in [-0.2, -0.15) is 5.10 Å². The summed E-state index contributed by atoms with van der Waals surface area (Å²) in [5, 5.41) is 15.1. The molecule has 2 aromatic heterocycles. The summed E-state index contributed by atoms with van der Waals surface area (Å²) in [5.41, 5.74) is 3.48. The van der Waals surface area contributed by atoms with Crippen molar-refractivity contribution in [3.63, 3.8) is 0 Å². The van der Waals surface area contributed by atoms with Crippen LogP contribution in [0.2, 0.25) is 0 Å². The molecule has 0 spiro atoms. The molecular formula is C24H26F2N6O. The quantitative estimate of drug-likeness (QED) is 0.623. The van der Waals surface area contributed by atoms with Crippen LogP contribution in [0, 0.1) is 23.0 Å². The van der Waals surface area contributed by atoms with Gasteiger partial charge in [-0.3, -0.25) is 20.4 Å². The summed E-state index contributed by atoms with van der Waals surface area (Å²) in [5.74, 6) is -0.558. The van der Waals surface area contributed by atoms with Gasteiger partial charge in [0.05, 0.1) is 17.4 Å². The summed E-state index contributed by atoms with van der Waals surface area (Å²) in [4.78, 5) is 15.5. The molecule has 5 rings (SSSR count). The first-order chi connectivity index (χ1) is 16.0. The van der Waals surface area contributed by atoms with Gasteiger partial charge in [-0.15, -0.1) is 0 Å². The van der Waals surface area contributed by atoms with Gasteiger partial charge in [-0.25, -0.2) is 13.3 Å². The summed E-state index contributed by atoms with van der Waals surface area (Å²) in [6, 6.07) is 7.98. The van der Waals surface area contributed by atoms with E-state index in [4.69, 9.17) is 5.41 Å². The van der Waals surface area contributed by atoms with Gasteiger partial charge >= 0.3 is 0 Å². The maximum atomic E-state index is 14.0. The lowest BCUT2D eigenvalue weighted by Gasteiger charge is -2.32. The molecule has 0 saturated carbocycles. The molecule has 0 bridgehead atoms. The molecule has 2 N–H and O–H groups in total. The summed E-state index contributed by atoms with van der Waals surface area (Å²) in [7, 11) is 0. The number of rotatable bonds is 5. The van der Waals surface area contributed by atoms with Crippen LogP contribution in [0.1, 0.15) is 30.4 Å². The predicted octanol–water partition coefficient (Wildman–Crippen LogP) is 3.33. The highest BCUT2D eigenvalue weighted by molar-refractivity contribution is 6.08. The minimum absolute atomic E-state index is 0.0801. The van der Waals surface area contributed by atoms with Crippen molar-refractivity contribution in [2.24, 2.45) is 5.92 Å². The number of fused-ring (bicyclic) bond motifs is 1. The van der Waals surface area contributed by atoms with Crippen LogP contribution in [0.25, 0.3) is 5.52 Å². The molecule has 0 unspecified atom stereocenters. The van der Waals surface area contributed by atoms with Gasteiger partial charge < -0.3 is 4.90 Å². The molecule has 2 fully saturated rings. The average molecular weight is 453 g/mol. The lowest BCUT2D eigenvalue weighted by molar-refractivity contribution is -0.119. The zero-order chi connectivity index (χ0) is 22.9. The SMILES string of the molecule is N=C1NC(=O)CCN1c1cnn2ccc(CC3CCN(Cc4ccc(F)cc4F)CC3)cc12. The van der Waals surface area contributed by atoms with Gasteiger partial charge in [0.15, 0.2) is 0 Å². The second-order valence-corrected chi connectivity index (χ2v) is 8.85.